The third-order valence-electron chi connectivity index (χ3n) is 4.74. The Hall–Kier alpha value is -2.98. The maximum absolute atomic E-state index is 13.9. The van der Waals surface area contributed by atoms with E-state index in [0.717, 1.165) is 0 Å². The van der Waals surface area contributed by atoms with Gasteiger partial charge in [0.2, 0.25) is 11.7 Å². The monoisotopic (exact) mass is 466 g/mol. The standard InChI is InChI=1S/C19H17Cl2FN6O3/c1-30-16(29)5-4-15-24-18(27-31-15)13-8-14-19(26-25-13)23-6-7-28(14)9-10-11(20)2-3-12(22)17(10)21/h2-3,8H,4-7,9H2,1H3,(H,23,26). The van der Waals surface area contributed by atoms with E-state index >= 15 is 0 Å². The summed E-state index contributed by atoms with van der Waals surface area (Å²) in [7, 11) is 1.31. The molecule has 0 atom stereocenters. The van der Waals surface area contributed by atoms with Crippen LogP contribution in [0.3, 0.4) is 0 Å². The van der Waals surface area contributed by atoms with Gasteiger partial charge >= 0.3 is 5.97 Å². The summed E-state index contributed by atoms with van der Waals surface area (Å²) in [6.45, 7) is 1.51. The smallest absolute Gasteiger partial charge is 0.306 e. The second-order valence-corrected chi connectivity index (χ2v) is 7.51. The minimum absolute atomic E-state index is 0.0109. The maximum atomic E-state index is 13.9. The number of anilines is 2. The van der Waals surface area contributed by atoms with Gasteiger partial charge in [-0.25, -0.2) is 4.39 Å². The largest absolute Gasteiger partial charge is 0.469 e. The molecule has 1 aromatic carbocycles. The van der Waals surface area contributed by atoms with Crippen molar-refractivity contribution in [2.75, 3.05) is 30.4 Å². The van der Waals surface area contributed by atoms with E-state index in [-0.39, 0.29) is 42.1 Å². The Morgan fingerprint density at radius 3 is 3.00 bits per heavy atom. The van der Waals surface area contributed by atoms with Gasteiger partial charge in [0.15, 0.2) is 5.82 Å². The van der Waals surface area contributed by atoms with Gasteiger partial charge < -0.3 is 19.5 Å². The Balaban J connectivity index is 1.60. The number of esters is 1. The van der Waals surface area contributed by atoms with Gasteiger partial charge in [0.1, 0.15) is 11.5 Å². The molecule has 0 unspecified atom stereocenters. The number of carbonyl (C=O) groups is 1. The van der Waals surface area contributed by atoms with E-state index in [1.54, 1.807) is 6.07 Å². The Morgan fingerprint density at radius 2 is 2.19 bits per heavy atom. The van der Waals surface area contributed by atoms with Crippen molar-refractivity contribution >= 4 is 40.7 Å². The van der Waals surface area contributed by atoms with E-state index in [2.05, 4.69) is 30.4 Å². The molecule has 4 rings (SSSR count). The van der Waals surface area contributed by atoms with Crippen LogP contribution in [-0.2, 0) is 22.5 Å². The molecular formula is C19H17Cl2FN6O3. The van der Waals surface area contributed by atoms with Crippen LogP contribution in [0.1, 0.15) is 17.9 Å². The Morgan fingerprint density at radius 1 is 1.35 bits per heavy atom. The van der Waals surface area contributed by atoms with Crippen molar-refractivity contribution < 1.29 is 18.4 Å². The van der Waals surface area contributed by atoms with Crippen molar-refractivity contribution in [2.24, 2.45) is 0 Å². The third kappa shape index (κ3) is 4.54. The molecule has 162 valence electrons. The SMILES string of the molecule is COC(=O)CCc1nc(-c2cc3c(nn2)NCCN3Cc2c(Cl)ccc(F)c2Cl)no1. The molecule has 3 aromatic rings. The number of nitrogens with zero attached hydrogens (tertiary/aromatic N) is 5. The molecule has 9 nitrogen and oxygen atoms in total. The number of carbonyl (C=O) groups excluding carboxylic acids is 1. The van der Waals surface area contributed by atoms with E-state index in [0.29, 0.717) is 40.9 Å². The van der Waals surface area contributed by atoms with Crippen molar-refractivity contribution in [3.63, 3.8) is 0 Å². The predicted octanol–water partition coefficient (Wildman–Crippen LogP) is 3.51. The summed E-state index contributed by atoms with van der Waals surface area (Å²) in [4.78, 5) is 17.5. The molecule has 3 heterocycles. The van der Waals surface area contributed by atoms with Crippen LogP contribution in [0.4, 0.5) is 15.9 Å². The first kappa shape index (κ1) is 21.3. The number of hydrogen-bond donors (Lipinski definition) is 1. The summed E-state index contributed by atoms with van der Waals surface area (Å²) in [6.07, 6.45) is 0.378. The Kier molecular flexibility index (Phi) is 6.19. The Labute approximate surface area is 186 Å². The summed E-state index contributed by atoms with van der Waals surface area (Å²) in [5, 5.41) is 15.8. The first-order valence-electron chi connectivity index (χ1n) is 9.35. The highest BCUT2D eigenvalue weighted by molar-refractivity contribution is 6.36. The Bertz CT molecular complexity index is 1130. The van der Waals surface area contributed by atoms with Gasteiger partial charge in [0.25, 0.3) is 0 Å². The number of hydrogen-bond acceptors (Lipinski definition) is 9. The number of nitrogens with one attached hydrogen (secondary N) is 1. The van der Waals surface area contributed by atoms with E-state index in [9.17, 15) is 9.18 Å². The molecule has 1 N–H and O–H groups in total. The fourth-order valence-electron chi connectivity index (χ4n) is 3.13. The van der Waals surface area contributed by atoms with E-state index < -0.39 is 5.82 Å². The van der Waals surface area contributed by atoms with Gasteiger partial charge in [-0.3, -0.25) is 4.79 Å². The summed E-state index contributed by atoms with van der Waals surface area (Å²) in [5.74, 6) is 0.185. The summed E-state index contributed by atoms with van der Waals surface area (Å²) < 4.78 is 23.7. The molecule has 0 spiro atoms. The van der Waals surface area contributed by atoms with Crippen LogP contribution in [-0.4, -0.2) is 46.5 Å². The molecule has 1 aliphatic heterocycles. The summed E-state index contributed by atoms with van der Waals surface area (Å²) >= 11 is 12.4. The quantitative estimate of drug-likeness (QED) is 0.431. The number of methoxy groups -OCH3 is 1. The predicted molar refractivity (Wildman–Crippen MR) is 112 cm³/mol. The summed E-state index contributed by atoms with van der Waals surface area (Å²) in [5.41, 5.74) is 1.59. The molecule has 0 bridgehead atoms. The number of benzene rings is 1. The maximum Gasteiger partial charge on any atom is 0.306 e. The molecule has 0 saturated carbocycles. The molecule has 1 aliphatic rings. The lowest BCUT2D eigenvalue weighted by Crippen LogP contribution is -2.34. The fraction of sp³-hybridized carbons (Fsp3) is 0.316. The first-order valence-corrected chi connectivity index (χ1v) is 10.1. The second kappa shape index (κ2) is 9.03. The van der Waals surface area contributed by atoms with E-state index in [1.165, 1.54) is 19.2 Å². The number of ether oxygens (including phenoxy) is 1. The van der Waals surface area contributed by atoms with Crippen LogP contribution < -0.4 is 10.2 Å². The van der Waals surface area contributed by atoms with Gasteiger partial charge in [-0.15, -0.1) is 10.2 Å². The minimum Gasteiger partial charge on any atom is -0.469 e. The van der Waals surface area contributed by atoms with Crippen LogP contribution >= 0.6 is 23.2 Å². The van der Waals surface area contributed by atoms with Gasteiger partial charge in [-0.1, -0.05) is 28.4 Å². The van der Waals surface area contributed by atoms with Crippen molar-refractivity contribution in [1.82, 2.24) is 20.3 Å². The molecule has 0 aliphatic carbocycles. The highest BCUT2D eigenvalue weighted by Gasteiger charge is 2.23. The fourth-order valence-corrected chi connectivity index (χ4v) is 3.62. The van der Waals surface area contributed by atoms with Gasteiger partial charge in [-0.05, 0) is 18.2 Å². The van der Waals surface area contributed by atoms with Crippen molar-refractivity contribution in [2.45, 2.75) is 19.4 Å². The zero-order valence-corrected chi connectivity index (χ0v) is 17.9. The highest BCUT2D eigenvalue weighted by atomic mass is 35.5. The lowest BCUT2D eigenvalue weighted by molar-refractivity contribution is -0.140. The summed E-state index contributed by atoms with van der Waals surface area (Å²) in [6, 6.07) is 4.47. The number of aryl methyl sites for hydroxylation is 1. The lowest BCUT2D eigenvalue weighted by atomic mass is 10.1. The topological polar surface area (TPSA) is 106 Å². The zero-order chi connectivity index (χ0) is 22.0. The van der Waals surface area contributed by atoms with Crippen LogP contribution in [0.25, 0.3) is 11.5 Å². The van der Waals surface area contributed by atoms with Gasteiger partial charge in [-0.2, -0.15) is 4.98 Å². The van der Waals surface area contributed by atoms with Crippen LogP contribution in [0.2, 0.25) is 10.0 Å². The molecule has 2 aromatic heterocycles. The average Bonchev–Trinajstić information content (AvgIpc) is 3.26. The molecule has 0 amide bonds. The molecular weight excluding hydrogens is 450 g/mol. The van der Waals surface area contributed by atoms with E-state index in [4.69, 9.17) is 27.7 Å². The highest BCUT2D eigenvalue weighted by Crippen LogP contribution is 2.34. The van der Waals surface area contributed by atoms with Crippen molar-refractivity contribution in [3.05, 3.63) is 45.5 Å². The number of halogens is 3. The number of aromatic nitrogens is 4. The number of rotatable bonds is 6. The zero-order valence-electron chi connectivity index (χ0n) is 16.4. The molecule has 0 radical (unpaired) electrons. The normalized spacial score (nSPS) is 13.0. The molecule has 31 heavy (non-hydrogen) atoms. The lowest BCUT2D eigenvalue weighted by Gasteiger charge is -2.31. The van der Waals surface area contributed by atoms with Crippen LogP contribution in [0.15, 0.2) is 22.7 Å². The molecule has 12 heteroatoms. The van der Waals surface area contributed by atoms with Crippen LogP contribution in [0, 0.1) is 5.82 Å². The third-order valence-corrected chi connectivity index (χ3v) is 5.51. The van der Waals surface area contributed by atoms with Crippen molar-refractivity contribution in [3.8, 4) is 11.5 Å². The van der Waals surface area contributed by atoms with Crippen LogP contribution in [0.5, 0.6) is 0 Å². The van der Waals surface area contributed by atoms with Gasteiger partial charge in [0.05, 0.1) is 24.2 Å². The number of fused-ring (bicyclic) bond motifs is 1. The molecule has 0 fully saturated rings. The minimum atomic E-state index is -0.531. The van der Waals surface area contributed by atoms with Gasteiger partial charge in [0, 0.05) is 36.6 Å². The second-order valence-electron chi connectivity index (χ2n) is 6.72. The average molecular weight is 467 g/mol. The first-order chi connectivity index (χ1) is 15.0. The van der Waals surface area contributed by atoms with Crippen molar-refractivity contribution in [1.29, 1.82) is 0 Å². The van der Waals surface area contributed by atoms with E-state index in [1.807, 2.05) is 4.90 Å². The molecule has 0 saturated heterocycles.